The number of nitro groups is 1. The van der Waals surface area contributed by atoms with E-state index in [1.807, 2.05) is 0 Å². The highest BCUT2D eigenvalue weighted by Crippen LogP contribution is 2.31. The number of methoxy groups -OCH3 is 1. The largest absolute Gasteiger partial charge is 0.497 e. The van der Waals surface area contributed by atoms with Gasteiger partial charge in [-0.15, -0.1) is 0 Å². The van der Waals surface area contributed by atoms with Crippen molar-refractivity contribution in [2.45, 2.75) is 0 Å². The number of fused-ring (bicyclic) bond motifs is 1. The Balaban J connectivity index is 1.73. The van der Waals surface area contributed by atoms with Crippen LogP contribution in [0.5, 0.6) is 5.75 Å². The number of nitrogens with zero attached hydrogens (tertiary/aromatic N) is 4. The van der Waals surface area contributed by atoms with Crippen LogP contribution in [0.25, 0.3) is 10.2 Å². The summed E-state index contributed by atoms with van der Waals surface area (Å²) in [5.41, 5.74) is 0.858. The van der Waals surface area contributed by atoms with Crippen molar-refractivity contribution in [3.05, 3.63) is 81.0 Å². The maximum Gasteiger partial charge on any atom is 0.324 e. The molecule has 1 amide bonds. The molecule has 2 aromatic carbocycles. The summed E-state index contributed by atoms with van der Waals surface area (Å²) in [5, 5.41) is 16.4. The number of hydrazone groups is 1. The second-order valence-corrected chi connectivity index (χ2v) is 8.23. The van der Waals surface area contributed by atoms with Crippen molar-refractivity contribution in [3.8, 4) is 5.75 Å². The first-order valence-corrected chi connectivity index (χ1v) is 10.4. The number of thiophene rings is 1. The van der Waals surface area contributed by atoms with E-state index in [9.17, 15) is 19.3 Å². The lowest BCUT2D eigenvalue weighted by Crippen LogP contribution is -2.25. The van der Waals surface area contributed by atoms with Crippen molar-refractivity contribution in [1.82, 2.24) is 4.98 Å². The van der Waals surface area contributed by atoms with Gasteiger partial charge in [-0.25, -0.2) is 9.37 Å². The van der Waals surface area contributed by atoms with Gasteiger partial charge >= 0.3 is 5.00 Å². The molecule has 0 spiro atoms. The Labute approximate surface area is 183 Å². The summed E-state index contributed by atoms with van der Waals surface area (Å²) < 4.78 is 19.3. The highest BCUT2D eigenvalue weighted by molar-refractivity contribution is 7.22. The molecule has 0 aliphatic carbocycles. The van der Waals surface area contributed by atoms with Crippen molar-refractivity contribution in [1.29, 1.82) is 0 Å². The quantitative estimate of drug-likeness (QED) is 0.229. The van der Waals surface area contributed by atoms with E-state index in [1.165, 1.54) is 43.7 Å². The summed E-state index contributed by atoms with van der Waals surface area (Å²) in [6.45, 7) is 0. The molecule has 4 aromatic rings. The van der Waals surface area contributed by atoms with Crippen LogP contribution in [0.2, 0.25) is 0 Å². The van der Waals surface area contributed by atoms with Crippen molar-refractivity contribution >= 4 is 55.1 Å². The van der Waals surface area contributed by atoms with E-state index < -0.39 is 16.6 Å². The lowest BCUT2D eigenvalue weighted by Gasteiger charge is -2.13. The molecule has 2 aromatic heterocycles. The van der Waals surface area contributed by atoms with Gasteiger partial charge in [-0.2, -0.15) is 10.1 Å². The molecule has 0 fully saturated rings. The van der Waals surface area contributed by atoms with Gasteiger partial charge < -0.3 is 4.74 Å². The van der Waals surface area contributed by atoms with E-state index >= 15 is 0 Å². The maximum absolute atomic E-state index is 13.6. The highest BCUT2D eigenvalue weighted by atomic mass is 32.1. The number of carbonyl (C=O) groups is 1. The fourth-order valence-electron chi connectivity index (χ4n) is 2.65. The van der Waals surface area contributed by atoms with Crippen LogP contribution in [0, 0.1) is 15.9 Å². The molecule has 156 valence electrons. The molecule has 0 aliphatic rings. The number of rotatable bonds is 6. The lowest BCUT2D eigenvalue weighted by atomic mass is 10.2. The first kappa shape index (κ1) is 20.6. The number of amides is 1. The SMILES string of the molecule is COc1ccc(C(=O)N(/N=C/c2ccc([N+](=O)[O-])s2)c2nc3ccc(F)cc3s2)cc1. The number of hydrogen-bond acceptors (Lipinski definition) is 8. The first-order valence-electron chi connectivity index (χ1n) is 8.77. The fraction of sp³-hybridized carbons (Fsp3) is 0.0500. The Morgan fingerprint density at radius 3 is 2.65 bits per heavy atom. The Hall–Kier alpha value is -3.70. The molecule has 2 heterocycles. The van der Waals surface area contributed by atoms with Crippen LogP contribution >= 0.6 is 22.7 Å². The Morgan fingerprint density at radius 1 is 1.19 bits per heavy atom. The van der Waals surface area contributed by atoms with Gasteiger partial charge in [0, 0.05) is 11.6 Å². The van der Waals surface area contributed by atoms with Crippen LogP contribution in [0.3, 0.4) is 0 Å². The Kier molecular flexibility index (Phi) is 5.69. The zero-order chi connectivity index (χ0) is 22.0. The molecule has 0 bridgehead atoms. The molecular formula is C20H13FN4O4S2. The van der Waals surface area contributed by atoms with Gasteiger partial charge in [-0.05, 0) is 48.5 Å². The minimum Gasteiger partial charge on any atom is -0.497 e. The maximum atomic E-state index is 13.6. The average molecular weight is 456 g/mol. The fourth-order valence-corrected chi connectivity index (χ4v) is 4.28. The predicted molar refractivity (Wildman–Crippen MR) is 118 cm³/mol. The Bertz CT molecular complexity index is 1300. The zero-order valence-corrected chi connectivity index (χ0v) is 17.5. The number of aromatic nitrogens is 1. The molecule has 0 radical (unpaired) electrons. The van der Waals surface area contributed by atoms with Crippen molar-refractivity contribution < 1.29 is 18.8 Å². The molecule has 0 saturated carbocycles. The third-order valence-corrected chi connectivity index (χ3v) is 6.11. The average Bonchev–Trinajstić information content (AvgIpc) is 3.41. The highest BCUT2D eigenvalue weighted by Gasteiger charge is 2.21. The normalized spacial score (nSPS) is 11.2. The van der Waals surface area contributed by atoms with E-state index in [-0.39, 0.29) is 10.1 Å². The molecule has 31 heavy (non-hydrogen) atoms. The van der Waals surface area contributed by atoms with Crippen LogP contribution in [-0.2, 0) is 0 Å². The van der Waals surface area contributed by atoms with Crippen LogP contribution in [-0.4, -0.2) is 29.1 Å². The molecule has 4 rings (SSSR count). The van der Waals surface area contributed by atoms with E-state index in [4.69, 9.17) is 4.74 Å². The van der Waals surface area contributed by atoms with Crippen molar-refractivity contribution in [2.75, 3.05) is 12.1 Å². The lowest BCUT2D eigenvalue weighted by molar-refractivity contribution is -0.380. The standard InChI is InChI=1S/C20H13FN4O4S2/c1-29-14-5-2-12(3-6-14)19(26)24(22-11-15-7-9-18(30-15)25(27)28)20-23-16-8-4-13(21)10-17(16)31-20/h2-11H,1H3/b22-11+. The first-order chi connectivity index (χ1) is 14.9. The van der Waals surface area contributed by atoms with Crippen molar-refractivity contribution in [2.24, 2.45) is 5.10 Å². The summed E-state index contributed by atoms with van der Waals surface area (Å²) in [6, 6.07) is 13.5. The summed E-state index contributed by atoms with van der Waals surface area (Å²) in [5.74, 6) is -0.289. The number of carbonyl (C=O) groups excluding carboxylic acids is 1. The van der Waals surface area contributed by atoms with E-state index in [1.54, 1.807) is 24.3 Å². The Morgan fingerprint density at radius 2 is 1.97 bits per heavy atom. The number of halogens is 1. The van der Waals surface area contributed by atoms with Gasteiger partial charge in [0.15, 0.2) is 0 Å². The van der Waals surface area contributed by atoms with Crippen LogP contribution < -0.4 is 9.75 Å². The van der Waals surface area contributed by atoms with Gasteiger partial charge in [0.1, 0.15) is 11.6 Å². The summed E-state index contributed by atoms with van der Waals surface area (Å²) in [7, 11) is 1.52. The third kappa shape index (κ3) is 4.42. The van der Waals surface area contributed by atoms with E-state index in [0.29, 0.717) is 26.4 Å². The number of hydrogen-bond donors (Lipinski definition) is 0. The molecule has 0 aliphatic heterocycles. The van der Waals surface area contributed by atoms with Crippen LogP contribution in [0.1, 0.15) is 15.2 Å². The number of thiazole rings is 1. The van der Waals surface area contributed by atoms with Gasteiger partial charge in [0.05, 0.1) is 33.3 Å². The molecule has 0 saturated heterocycles. The zero-order valence-electron chi connectivity index (χ0n) is 15.9. The minimum absolute atomic E-state index is 0.0371. The molecule has 11 heteroatoms. The van der Waals surface area contributed by atoms with Gasteiger partial charge in [-0.1, -0.05) is 22.7 Å². The minimum atomic E-state index is -0.496. The summed E-state index contributed by atoms with van der Waals surface area (Å²) in [4.78, 5) is 28.5. The van der Waals surface area contributed by atoms with Gasteiger partial charge in [-0.3, -0.25) is 14.9 Å². The van der Waals surface area contributed by atoms with E-state index in [0.717, 1.165) is 27.7 Å². The number of benzene rings is 2. The smallest absolute Gasteiger partial charge is 0.324 e. The van der Waals surface area contributed by atoms with Crippen molar-refractivity contribution in [3.63, 3.8) is 0 Å². The molecular weight excluding hydrogens is 443 g/mol. The molecule has 8 nitrogen and oxygen atoms in total. The molecule has 0 atom stereocenters. The molecule has 0 N–H and O–H groups in total. The number of anilines is 1. The van der Waals surface area contributed by atoms with Gasteiger partial charge in [0.2, 0.25) is 5.13 Å². The second kappa shape index (κ2) is 8.58. The summed E-state index contributed by atoms with van der Waals surface area (Å²) >= 11 is 2.03. The topological polar surface area (TPSA) is 97.9 Å². The predicted octanol–water partition coefficient (Wildman–Crippen LogP) is 5.09. The summed E-state index contributed by atoms with van der Waals surface area (Å²) in [6.07, 6.45) is 1.35. The second-order valence-electron chi connectivity index (χ2n) is 6.13. The van der Waals surface area contributed by atoms with Gasteiger partial charge in [0.25, 0.3) is 5.91 Å². The monoisotopic (exact) mass is 456 g/mol. The third-order valence-electron chi connectivity index (χ3n) is 4.14. The number of ether oxygens (including phenoxy) is 1. The van der Waals surface area contributed by atoms with Crippen LogP contribution in [0.15, 0.2) is 59.7 Å². The molecule has 0 unspecified atom stereocenters. The van der Waals surface area contributed by atoms with E-state index in [2.05, 4.69) is 10.1 Å². The van der Waals surface area contributed by atoms with Crippen LogP contribution in [0.4, 0.5) is 14.5 Å².